The fourth-order valence-electron chi connectivity index (χ4n) is 3.82. The third-order valence-electron chi connectivity index (χ3n) is 5.69. The topological polar surface area (TPSA) is 98.1 Å². The highest BCUT2D eigenvalue weighted by molar-refractivity contribution is 7.90. The first-order valence-corrected chi connectivity index (χ1v) is 12.7. The van der Waals surface area contributed by atoms with Crippen LogP contribution in [0.3, 0.4) is 0 Å². The van der Waals surface area contributed by atoms with Crippen molar-refractivity contribution >= 4 is 15.7 Å². The third-order valence-corrected chi connectivity index (χ3v) is 7.34. The first kappa shape index (κ1) is 24.0. The molecule has 34 heavy (non-hydrogen) atoms. The van der Waals surface area contributed by atoms with E-state index in [1.165, 1.54) is 24.3 Å². The van der Waals surface area contributed by atoms with Gasteiger partial charge >= 0.3 is 0 Å². The van der Waals surface area contributed by atoms with Crippen LogP contribution in [0.25, 0.3) is 0 Å². The molecule has 1 N–H and O–H groups in total. The number of carbonyl (C=O) groups is 1. The summed E-state index contributed by atoms with van der Waals surface area (Å²) in [7, 11) is -1.97. The van der Waals surface area contributed by atoms with Gasteiger partial charge in [-0.05, 0) is 42.0 Å². The Hall–Kier alpha value is -3.14. The maximum absolute atomic E-state index is 13.0. The lowest BCUT2D eigenvalue weighted by Crippen LogP contribution is -2.43. The second kappa shape index (κ2) is 10.9. The summed E-state index contributed by atoms with van der Waals surface area (Å²) in [6.07, 6.45) is 0. The SMILES string of the molecule is COc1ccc([C@H](CN2CCOCC2)NC(=O)c2ccc(CS(=O)(=O)c3ccccc3)o2)cc1. The molecule has 1 aliphatic rings. The van der Waals surface area contributed by atoms with Crippen LogP contribution < -0.4 is 10.1 Å². The molecule has 8 nitrogen and oxygen atoms in total. The lowest BCUT2D eigenvalue weighted by molar-refractivity contribution is 0.0331. The van der Waals surface area contributed by atoms with Crippen molar-refractivity contribution in [3.8, 4) is 5.75 Å². The quantitative estimate of drug-likeness (QED) is 0.498. The first-order chi connectivity index (χ1) is 16.4. The highest BCUT2D eigenvalue weighted by Gasteiger charge is 2.23. The van der Waals surface area contributed by atoms with Gasteiger partial charge in [-0.2, -0.15) is 0 Å². The van der Waals surface area contributed by atoms with E-state index in [1.807, 2.05) is 24.3 Å². The summed E-state index contributed by atoms with van der Waals surface area (Å²) in [6.45, 7) is 3.48. The molecule has 0 bridgehead atoms. The first-order valence-electron chi connectivity index (χ1n) is 11.1. The average Bonchev–Trinajstić information content (AvgIpc) is 3.33. The van der Waals surface area contributed by atoms with Crippen LogP contribution in [0.15, 0.2) is 76.0 Å². The van der Waals surface area contributed by atoms with Crippen LogP contribution in [0, 0.1) is 0 Å². The molecule has 1 fully saturated rings. The normalized spacial score (nSPS) is 15.6. The molecule has 1 atom stereocenters. The summed E-state index contributed by atoms with van der Waals surface area (Å²) in [5.41, 5.74) is 0.930. The molecule has 0 aliphatic carbocycles. The molecule has 0 saturated carbocycles. The third kappa shape index (κ3) is 6.05. The number of benzene rings is 2. The predicted octanol–water partition coefficient (Wildman–Crippen LogP) is 3.07. The number of nitrogens with zero attached hydrogens (tertiary/aromatic N) is 1. The number of rotatable bonds is 9. The number of ether oxygens (including phenoxy) is 2. The zero-order valence-corrected chi connectivity index (χ0v) is 19.8. The molecule has 180 valence electrons. The van der Waals surface area contributed by atoms with Crippen molar-refractivity contribution in [3.05, 3.63) is 83.8 Å². The summed E-state index contributed by atoms with van der Waals surface area (Å²) in [5, 5.41) is 3.04. The number of nitrogens with one attached hydrogen (secondary N) is 1. The summed E-state index contributed by atoms with van der Waals surface area (Å²) < 4.78 is 41.6. The van der Waals surface area contributed by atoms with Crippen molar-refractivity contribution < 1.29 is 27.1 Å². The number of carbonyl (C=O) groups excluding carboxylic acids is 1. The van der Waals surface area contributed by atoms with Crippen LogP contribution in [0.5, 0.6) is 5.75 Å². The number of hydrogen-bond donors (Lipinski definition) is 1. The van der Waals surface area contributed by atoms with Crippen molar-refractivity contribution in [2.24, 2.45) is 0 Å². The Labute approximate surface area is 199 Å². The molecule has 0 spiro atoms. The van der Waals surface area contributed by atoms with Gasteiger partial charge in [0, 0.05) is 19.6 Å². The Morgan fingerprint density at radius 1 is 1.03 bits per heavy atom. The molecular weight excluding hydrogens is 456 g/mol. The largest absolute Gasteiger partial charge is 0.497 e. The van der Waals surface area contributed by atoms with Crippen LogP contribution in [-0.2, 0) is 20.3 Å². The number of sulfone groups is 1. The van der Waals surface area contributed by atoms with Gasteiger partial charge in [-0.15, -0.1) is 0 Å². The standard InChI is InChI=1S/C25H28N2O6S/c1-31-20-9-7-19(8-10-20)23(17-27-13-15-32-16-14-27)26-25(28)24-12-11-21(33-24)18-34(29,30)22-5-3-2-4-6-22/h2-12,23H,13-18H2,1H3,(H,26,28)/t23-/m0/s1. The number of morpholine rings is 1. The van der Waals surface area contributed by atoms with Gasteiger partial charge in [-0.1, -0.05) is 30.3 Å². The summed E-state index contributed by atoms with van der Waals surface area (Å²) in [5.74, 6) is 0.287. The molecule has 1 saturated heterocycles. The maximum Gasteiger partial charge on any atom is 0.287 e. The molecule has 2 heterocycles. The Morgan fingerprint density at radius 2 is 1.74 bits per heavy atom. The van der Waals surface area contributed by atoms with E-state index in [0.29, 0.717) is 19.8 Å². The van der Waals surface area contributed by atoms with Gasteiger partial charge in [0.15, 0.2) is 15.6 Å². The molecule has 9 heteroatoms. The molecule has 1 aromatic heterocycles. The van der Waals surface area contributed by atoms with E-state index in [4.69, 9.17) is 13.9 Å². The monoisotopic (exact) mass is 484 g/mol. The van der Waals surface area contributed by atoms with E-state index < -0.39 is 15.7 Å². The Morgan fingerprint density at radius 3 is 2.41 bits per heavy atom. The van der Waals surface area contributed by atoms with Gasteiger partial charge in [-0.3, -0.25) is 9.69 Å². The number of methoxy groups -OCH3 is 1. The van der Waals surface area contributed by atoms with E-state index in [-0.39, 0.29) is 28.2 Å². The highest BCUT2D eigenvalue weighted by Crippen LogP contribution is 2.22. The Bertz CT molecular complexity index is 1190. The lowest BCUT2D eigenvalue weighted by atomic mass is 10.1. The van der Waals surface area contributed by atoms with Crippen LogP contribution >= 0.6 is 0 Å². The Balaban J connectivity index is 1.48. The van der Waals surface area contributed by atoms with Gasteiger partial charge < -0.3 is 19.2 Å². The molecule has 0 unspecified atom stereocenters. The molecule has 3 aromatic rings. The summed E-state index contributed by atoms with van der Waals surface area (Å²) in [4.78, 5) is 15.5. The van der Waals surface area contributed by atoms with Gasteiger partial charge in [0.05, 0.1) is 31.3 Å². The van der Waals surface area contributed by atoms with E-state index in [1.54, 1.807) is 25.3 Å². The van der Waals surface area contributed by atoms with Gasteiger partial charge in [-0.25, -0.2) is 8.42 Å². The minimum atomic E-state index is -3.57. The van der Waals surface area contributed by atoms with Crippen LogP contribution in [-0.4, -0.2) is 59.2 Å². The van der Waals surface area contributed by atoms with Crippen molar-refractivity contribution in [1.82, 2.24) is 10.2 Å². The zero-order valence-electron chi connectivity index (χ0n) is 19.0. The summed E-state index contributed by atoms with van der Waals surface area (Å²) in [6, 6.07) is 18.5. The predicted molar refractivity (Wildman–Crippen MR) is 127 cm³/mol. The lowest BCUT2D eigenvalue weighted by Gasteiger charge is -2.31. The molecule has 4 rings (SSSR count). The van der Waals surface area contributed by atoms with Crippen molar-refractivity contribution in [3.63, 3.8) is 0 Å². The van der Waals surface area contributed by atoms with E-state index in [2.05, 4.69) is 10.2 Å². The maximum atomic E-state index is 13.0. The van der Waals surface area contributed by atoms with Crippen molar-refractivity contribution in [2.75, 3.05) is 40.0 Å². The molecule has 2 aromatic carbocycles. The minimum absolute atomic E-state index is 0.0683. The smallest absolute Gasteiger partial charge is 0.287 e. The fraction of sp³-hybridized carbons (Fsp3) is 0.320. The van der Waals surface area contributed by atoms with Gasteiger partial charge in [0.2, 0.25) is 0 Å². The number of furan rings is 1. The van der Waals surface area contributed by atoms with Gasteiger partial charge in [0.25, 0.3) is 5.91 Å². The van der Waals surface area contributed by atoms with E-state index >= 15 is 0 Å². The Kier molecular flexibility index (Phi) is 7.66. The highest BCUT2D eigenvalue weighted by atomic mass is 32.2. The molecule has 0 radical (unpaired) electrons. The number of hydrogen-bond acceptors (Lipinski definition) is 7. The van der Waals surface area contributed by atoms with E-state index in [9.17, 15) is 13.2 Å². The summed E-state index contributed by atoms with van der Waals surface area (Å²) >= 11 is 0. The molecule has 1 amide bonds. The van der Waals surface area contributed by atoms with Crippen LogP contribution in [0.2, 0.25) is 0 Å². The minimum Gasteiger partial charge on any atom is -0.497 e. The molecule has 1 aliphatic heterocycles. The number of amides is 1. The van der Waals surface area contributed by atoms with Crippen molar-refractivity contribution in [1.29, 1.82) is 0 Å². The second-order valence-electron chi connectivity index (χ2n) is 8.05. The second-order valence-corrected chi connectivity index (χ2v) is 10.0. The fourth-order valence-corrected chi connectivity index (χ4v) is 5.09. The van der Waals surface area contributed by atoms with Gasteiger partial charge in [0.1, 0.15) is 17.3 Å². The van der Waals surface area contributed by atoms with Crippen LogP contribution in [0.4, 0.5) is 0 Å². The van der Waals surface area contributed by atoms with Crippen molar-refractivity contribution in [2.45, 2.75) is 16.7 Å². The zero-order chi connectivity index (χ0) is 24.0. The average molecular weight is 485 g/mol. The molecular formula is C25H28N2O6S. The van der Waals surface area contributed by atoms with E-state index in [0.717, 1.165) is 24.4 Å². The van der Waals surface area contributed by atoms with Crippen LogP contribution in [0.1, 0.15) is 27.9 Å².